The van der Waals surface area contributed by atoms with Crippen molar-refractivity contribution in [2.75, 3.05) is 13.1 Å². The molecule has 1 N–H and O–H groups in total. The maximum Gasteiger partial charge on any atom is 0.329 e. The molecule has 1 aliphatic rings. The van der Waals surface area contributed by atoms with Crippen LogP contribution in [0.25, 0.3) is 0 Å². The van der Waals surface area contributed by atoms with Gasteiger partial charge in [0.25, 0.3) is 0 Å². The average Bonchev–Trinajstić information content (AvgIpc) is 2.49. The van der Waals surface area contributed by atoms with Crippen molar-refractivity contribution in [1.29, 1.82) is 0 Å². The molecule has 0 unspecified atom stereocenters. The second-order valence-electron chi connectivity index (χ2n) is 5.23. The molecule has 1 aromatic carbocycles. The molecule has 6 heteroatoms. The van der Waals surface area contributed by atoms with E-state index in [2.05, 4.69) is 33.4 Å². The molecule has 1 heterocycles. The highest BCUT2D eigenvalue weighted by molar-refractivity contribution is 9.10. The summed E-state index contributed by atoms with van der Waals surface area (Å²) >= 11 is 3.34. The average molecular weight is 352 g/mol. The fraction of sp³-hybridized carbons (Fsp3) is 0.400. The van der Waals surface area contributed by atoms with Crippen LogP contribution in [0.4, 0.5) is 0 Å². The molecule has 21 heavy (non-hydrogen) atoms. The number of carbonyl (C=O) groups excluding carboxylic acids is 2. The number of amides is 2. The number of likely N-dealkylation sites (tertiary alicyclic amines) is 1. The van der Waals surface area contributed by atoms with E-state index in [-0.39, 0.29) is 0 Å². The highest BCUT2D eigenvalue weighted by Gasteiger charge is 2.25. The van der Waals surface area contributed by atoms with Gasteiger partial charge in [0, 0.05) is 17.6 Å². The molecule has 2 rings (SSSR count). The van der Waals surface area contributed by atoms with E-state index in [9.17, 15) is 9.59 Å². The quantitative estimate of drug-likeness (QED) is 0.504. The zero-order valence-corrected chi connectivity index (χ0v) is 13.5. The summed E-state index contributed by atoms with van der Waals surface area (Å²) in [5, 5.41) is 3.81. The minimum Gasteiger partial charge on any atom is -0.334 e. The first-order valence-corrected chi connectivity index (χ1v) is 7.73. The van der Waals surface area contributed by atoms with Gasteiger partial charge in [0.1, 0.15) is 0 Å². The van der Waals surface area contributed by atoms with Crippen molar-refractivity contribution < 1.29 is 9.59 Å². The summed E-state index contributed by atoms with van der Waals surface area (Å²) in [6.07, 6.45) is 3.40. The lowest BCUT2D eigenvalue weighted by atomic mass is 9.99. The first-order chi connectivity index (χ1) is 10.1. The lowest BCUT2D eigenvalue weighted by Crippen LogP contribution is -2.45. The molecule has 5 nitrogen and oxygen atoms in total. The number of benzene rings is 1. The van der Waals surface area contributed by atoms with Crippen LogP contribution in [0.15, 0.2) is 33.8 Å². The Morgan fingerprint density at radius 2 is 1.90 bits per heavy atom. The van der Waals surface area contributed by atoms with Crippen LogP contribution in [0, 0.1) is 5.92 Å². The minimum atomic E-state index is -0.682. The first-order valence-electron chi connectivity index (χ1n) is 6.94. The van der Waals surface area contributed by atoms with Crippen molar-refractivity contribution in [3.05, 3.63) is 34.3 Å². The van der Waals surface area contributed by atoms with Crippen molar-refractivity contribution >= 4 is 34.0 Å². The molecule has 0 radical (unpaired) electrons. The fourth-order valence-electron chi connectivity index (χ4n) is 2.12. The third-order valence-electron chi connectivity index (χ3n) is 3.51. The third-order valence-corrected chi connectivity index (χ3v) is 4.04. The van der Waals surface area contributed by atoms with E-state index in [1.54, 1.807) is 4.90 Å². The van der Waals surface area contributed by atoms with Crippen molar-refractivity contribution in [2.24, 2.45) is 11.0 Å². The van der Waals surface area contributed by atoms with Crippen molar-refractivity contribution in [1.82, 2.24) is 10.3 Å². The molecule has 1 saturated heterocycles. The van der Waals surface area contributed by atoms with Crippen LogP contribution in [0.5, 0.6) is 0 Å². The van der Waals surface area contributed by atoms with Gasteiger partial charge in [0.15, 0.2) is 0 Å². The standard InChI is InChI=1S/C15H18BrN3O2/c1-11-6-8-19(9-7-11)15(21)14(20)18-17-10-12-2-4-13(16)5-3-12/h2-5,10-11H,6-9H2,1H3,(H,18,20). The molecule has 0 spiro atoms. The van der Waals surface area contributed by atoms with E-state index in [0.29, 0.717) is 19.0 Å². The van der Waals surface area contributed by atoms with Crippen LogP contribution in [0.3, 0.4) is 0 Å². The van der Waals surface area contributed by atoms with Gasteiger partial charge in [0.05, 0.1) is 6.21 Å². The largest absolute Gasteiger partial charge is 0.334 e. The van der Waals surface area contributed by atoms with Gasteiger partial charge >= 0.3 is 11.8 Å². The van der Waals surface area contributed by atoms with Crippen molar-refractivity contribution in [3.63, 3.8) is 0 Å². The topological polar surface area (TPSA) is 61.8 Å². The molecule has 2 amide bonds. The SMILES string of the molecule is CC1CCN(C(=O)C(=O)NN=Cc2ccc(Br)cc2)CC1. The Labute approximate surface area is 132 Å². The van der Waals surface area contributed by atoms with Gasteiger partial charge in [-0.3, -0.25) is 9.59 Å². The highest BCUT2D eigenvalue weighted by Crippen LogP contribution is 2.15. The third kappa shape index (κ3) is 4.67. The zero-order valence-electron chi connectivity index (χ0n) is 11.9. The van der Waals surface area contributed by atoms with E-state index in [1.165, 1.54) is 6.21 Å². The van der Waals surface area contributed by atoms with Gasteiger partial charge in [-0.2, -0.15) is 5.10 Å². The van der Waals surface area contributed by atoms with Crippen LogP contribution in [0.2, 0.25) is 0 Å². The summed E-state index contributed by atoms with van der Waals surface area (Å²) in [6, 6.07) is 7.47. The Morgan fingerprint density at radius 3 is 2.52 bits per heavy atom. The number of nitrogens with zero attached hydrogens (tertiary/aromatic N) is 2. The molecule has 1 aliphatic heterocycles. The Bertz CT molecular complexity index is 534. The van der Waals surface area contributed by atoms with Gasteiger partial charge in [-0.1, -0.05) is 35.0 Å². The van der Waals surface area contributed by atoms with Crippen LogP contribution in [0.1, 0.15) is 25.3 Å². The second kappa shape index (κ2) is 7.36. The van der Waals surface area contributed by atoms with Gasteiger partial charge in [-0.05, 0) is 36.5 Å². The second-order valence-corrected chi connectivity index (χ2v) is 6.14. The summed E-state index contributed by atoms with van der Waals surface area (Å²) in [4.78, 5) is 25.3. The maximum absolute atomic E-state index is 11.9. The lowest BCUT2D eigenvalue weighted by Gasteiger charge is -2.29. The summed E-state index contributed by atoms with van der Waals surface area (Å²) in [5.74, 6) is -0.569. The number of carbonyl (C=O) groups is 2. The molecule has 0 aromatic heterocycles. The van der Waals surface area contributed by atoms with E-state index in [0.717, 1.165) is 22.9 Å². The molecular formula is C15H18BrN3O2. The highest BCUT2D eigenvalue weighted by atomic mass is 79.9. The molecule has 112 valence electrons. The number of hydrogen-bond acceptors (Lipinski definition) is 3. The number of piperidine rings is 1. The summed E-state index contributed by atoms with van der Waals surface area (Å²) in [5.41, 5.74) is 3.13. The van der Waals surface area contributed by atoms with E-state index in [1.807, 2.05) is 24.3 Å². The maximum atomic E-state index is 11.9. The predicted octanol–water partition coefficient (Wildman–Crippen LogP) is 2.16. The predicted molar refractivity (Wildman–Crippen MR) is 84.9 cm³/mol. The Balaban J connectivity index is 1.83. The minimum absolute atomic E-state index is 0.505. The van der Waals surface area contributed by atoms with Crippen LogP contribution < -0.4 is 5.43 Å². The Hall–Kier alpha value is -1.69. The monoisotopic (exact) mass is 351 g/mol. The summed E-state index contributed by atoms with van der Waals surface area (Å²) < 4.78 is 0.971. The normalized spacial score (nSPS) is 16.2. The molecule has 0 saturated carbocycles. The Morgan fingerprint density at radius 1 is 1.29 bits per heavy atom. The van der Waals surface area contributed by atoms with Crippen molar-refractivity contribution in [3.8, 4) is 0 Å². The molecule has 0 atom stereocenters. The number of rotatable bonds is 2. The molecule has 0 aliphatic carbocycles. The first kappa shape index (κ1) is 15.7. The van der Waals surface area contributed by atoms with Gasteiger partial charge < -0.3 is 4.90 Å². The summed E-state index contributed by atoms with van der Waals surface area (Å²) in [6.45, 7) is 3.44. The van der Waals surface area contributed by atoms with Crippen LogP contribution in [-0.2, 0) is 9.59 Å². The molecule has 0 bridgehead atoms. The number of halogens is 1. The lowest BCUT2D eigenvalue weighted by molar-refractivity contribution is -0.146. The van der Waals surface area contributed by atoms with E-state index >= 15 is 0 Å². The van der Waals surface area contributed by atoms with Gasteiger partial charge in [-0.25, -0.2) is 5.43 Å². The molecule has 1 fully saturated rings. The zero-order chi connectivity index (χ0) is 15.2. The van der Waals surface area contributed by atoms with Crippen LogP contribution in [-0.4, -0.2) is 36.0 Å². The van der Waals surface area contributed by atoms with E-state index < -0.39 is 11.8 Å². The number of hydrogen-bond donors (Lipinski definition) is 1. The van der Waals surface area contributed by atoms with Crippen molar-refractivity contribution in [2.45, 2.75) is 19.8 Å². The van der Waals surface area contributed by atoms with E-state index in [4.69, 9.17) is 0 Å². The van der Waals surface area contributed by atoms with Gasteiger partial charge in [-0.15, -0.1) is 0 Å². The Kier molecular flexibility index (Phi) is 5.50. The number of nitrogens with one attached hydrogen (secondary N) is 1. The van der Waals surface area contributed by atoms with Crippen LogP contribution >= 0.6 is 15.9 Å². The number of hydrazone groups is 1. The van der Waals surface area contributed by atoms with Gasteiger partial charge in [0.2, 0.25) is 0 Å². The smallest absolute Gasteiger partial charge is 0.329 e. The molecular weight excluding hydrogens is 334 g/mol. The fourth-order valence-corrected chi connectivity index (χ4v) is 2.38. The summed E-state index contributed by atoms with van der Waals surface area (Å²) in [7, 11) is 0. The molecule has 1 aromatic rings.